The van der Waals surface area contributed by atoms with Crippen LogP contribution in [0.5, 0.6) is 0 Å². The lowest BCUT2D eigenvalue weighted by molar-refractivity contribution is -0.142. The zero-order valence-electron chi connectivity index (χ0n) is 17.3. The van der Waals surface area contributed by atoms with Crippen molar-refractivity contribution >= 4 is 23.7 Å². The predicted octanol–water partition coefficient (Wildman–Crippen LogP) is -2.65. The quantitative estimate of drug-likeness (QED) is 0.0904. The molecule has 0 aromatic carbocycles. The molecule has 0 bridgehead atoms. The normalized spacial score (nSPS) is 13.5. The summed E-state index contributed by atoms with van der Waals surface area (Å²) in [5.41, 5.74) is 17.7. The fourth-order valence-electron chi connectivity index (χ4n) is 2.86. The molecule has 11 N–H and O–H groups in total. The molecular weight excluding hydrogens is 420 g/mol. The molecule has 2 amide bonds. The summed E-state index contributed by atoms with van der Waals surface area (Å²) in [6, 6.07) is -3.20. The van der Waals surface area contributed by atoms with Crippen molar-refractivity contribution in [3.8, 4) is 0 Å². The molecule has 32 heavy (non-hydrogen) atoms. The zero-order chi connectivity index (χ0) is 23.5. The number of nitrogens with two attached hydrogens (primary N) is 3. The Kier molecular flexibility index (Phi) is 9.16. The Hall–Kier alpha value is -3.94. The van der Waals surface area contributed by atoms with E-state index in [-0.39, 0.29) is 31.8 Å². The molecule has 0 aliphatic rings. The molecule has 0 spiro atoms. The van der Waals surface area contributed by atoms with Crippen LogP contribution < -0.4 is 27.8 Å². The SMILES string of the molecule is NC(N)=NCCCC(NC(=O)C(Cc1cnc[nH]1)NC(=O)C(N)Cc1cnc[nH]1)C(=O)O. The Labute approximate surface area is 183 Å². The highest BCUT2D eigenvalue weighted by Crippen LogP contribution is 2.04. The fraction of sp³-hybridized carbons (Fsp3) is 0.444. The second-order valence-electron chi connectivity index (χ2n) is 7.08. The molecule has 0 saturated carbocycles. The standard InChI is InChI=1S/C18H28N10O4/c19-12(4-10-6-22-8-25-10)15(29)28-14(5-11-7-23-9-26-11)16(30)27-13(17(31)32)2-1-3-24-18(20)21/h6-9,12-14H,1-5,19H2,(H,22,25)(H,23,26)(H,27,30)(H,28,29)(H,31,32)(H4,20,21,24). The van der Waals surface area contributed by atoms with Gasteiger partial charge in [-0.1, -0.05) is 0 Å². The number of rotatable bonds is 13. The van der Waals surface area contributed by atoms with E-state index in [2.05, 4.69) is 35.6 Å². The van der Waals surface area contributed by atoms with Crippen molar-refractivity contribution in [2.75, 3.05) is 6.54 Å². The molecule has 0 aliphatic heterocycles. The van der Waals surface area contributed by atoms with Gasteiger partial charge in [-0.25, -0.2) is 14.8 Å². The van der Waals surface area contributed by atoms with Crippen LogP contribution in [0, 0.1) is 0 Å². The van der Waals surface area contributed by atoms with E-state index in [9.17, 15) is 19.5 Å². The van der Waals surface area contributed by atoms with Crippen molar-refractivity contribution in [3.05, 3.63) is 36.4 Å². The number of hydrogen-bond acceptors (Lipinski definition) is 7. The lowest BCUT2D eigenvalue weighted by Crippen LogP contribution is -2.55. The van der Waals surface area contributed by atoms with Gasteiger partial charge in [-0.15, -0.1) is 0 Å². The van der Waals surface area contributed by atoms with Gasteiger partial charge in [-0.3, -0.25) is 14.6 Å². The number of carbonyl (C=O) groups excluding carboxylic acids is 2. The number of aromatic nitrogens is 4. The first kappa shape index (κ1) is 24.3. The third-order valence-electron chi connectivity index (χ3n) is 4.50. The summed E-state index contributed by atoms with van der Waals surface area (Å²) in [6.45, 7) is 0.221. The molecule has 0 radical (unpaired) electrons. The van der Waals surface area contributed by atoms with Crippen molar-refractivity contribution in [1.82, 2.24) is 30.6 Å². The monoisotopic (exact) mass is 448 g/mol. The minimum atomic E-state index is -1.22. The molecular formula is C18H28N10O4. The van der Waals surface area contributed by atoms with Gasteiger partial charge in [0.1, 0.15) is 12.1 Å². The molecule has 2 aromatic rings. The molecule has 3 unspecified atom stereocenters. The van der Waals surface area contributed by atoms with Crippen LogP contribution >= 0.6 is 0 Å². The number of imidazole rings is 2. The number of hydrogen-bond donors (Lipinski definition) is 8. The Balaban J connectivity index is 2.03. The zero-order valence-corrected chi connectivity index (χ0v) is 17.3. The molecule has 14 nitrogen and oxygen atoms in total. The Morgan fingerprint density at radius 3 is 2.12 bits per heavy atom. The van der Waals surface area contributed by atoms with E-state index >= 15 is 0 Å². The van der Waals surface area contributed by atoms with Gasteiger partial charge in [0.2, 0.25) is 11.8 Å². The number of guanidine groups is 1. The first-order chi connectivity index (χ1) is 15.3. The van der Waals surface area contributed by atoms with Crippen molar-refractivity contribution < 1.29 is 19.5 Å². The van der Waals surface area contributed by atoms with Gasteiger partial charge >= 0.3 is 5.97 Å². The van der Waals surface area contributed by atoms with Gasteiger partial charge in [0.05, 0.1) is 18.7 Å². The number of amides is 2. The molecule has 0 saturated heterocycles. The summed E-state index contributed by atoms with van der Waals surface area (Å²) in [5.74, 6) is -2.56. The van der Waals surface area contributed by atoms with E-state index < -0.39 is 35.9 Å². The van der Waals surface area contributed by atoms with Crippen molar-refractivity contribution in [2.45, 2.75) is 43.8 Å². The number of carbonyl (C=O) groups is 3. The van der Waals surface area contributed by atoms with E-state index in [1.807, 2.05) is 0 Å². The van der Waals surface area contributed by atoms with E-state index in [1.165, 1.54) is 18.9 Å². The number of nitrogens with zero attached hydrogens (tertiary/aromatic N) is 3. The highest BCUT2D eigenvalue weighted by Gasteiger charge is 2.28. The van der Waals surface area contributed by atoms with E-state index in [1.54, 1.807) is 6.20 Å². The summed E-state index contributed by atoms with van der Waals surface area (Å²) >= 11 is 0. The molecule has 2 rings (SSSR count). The van der Waals surface area contributed by atoms with Crippen molar-refractivity contribution in [2.24, 2.45) is 22.2 Å². The molecule has 2 aromatic heterocycles. The average Bonchev–Trinajstić information content (AvgIpc) is 3.43. The number of carboxylic acid groups (broad SMARTS) is 1. The number of H-pyrrole nitrogens is 2. The molecule has 0 fully saturated rings. The maximum atomic E-state index is 12.9. The van der Waals surface area contributed by atoms with Gasteiger partial charge < -0.3 is 42.9 Å². The summed E-state index contributed by atoms with van der Waals surface area (Å²) in [6.07, 6.45) is 6.63. The number of nitrogens with one attached hydrogen (secondary N) is 4. The van der Waals surface area contributed by atoms with Gasteiger partial charge in [-0.05, 0) is 12.8 Å². The van der Waals surface area contributed by atoms with E-state index in [0.29, 0.717) is 17.8 Å². The topological polar surface area (TPSA) is 243 Å². The predicted molar refractivity (Wildman–Crippen MR) is 114 cm³/mol. The Morgan fingerprint density at radius 2 is 1.59 bits per heavy atom. The lowest BCUT2D eigenvalue weighted by atomic mass is 10.1. The molecule has 3 atom stereocenters. The smallest absolute Gasteiger partial charge is 0.326 e. The van der Waals surface area contributed by atoms with Gasteiger partial charge in [0, 0.05) is 43.2 Å². The van der Waals surface area contributed by atoms with Crippen LogP contribution in [0.15, 0.2) is 30.0 Å². The maximum Gasteiger partial charge on any atom is 0.326 e. The van der Waals surface area contributed by atoms with Gasteiger partial charge in [-0.2, -0.15) is 0 Å². The van der Waals surface area contributed by atoms with Gasteiger partial charge in [0.25, 0.3) is 0 Å². The fourth-order valence-corrected chi connectivity index (χ4v) is 2.86. The van der Waals surface area contributed by atoms with E-state index in [4.69, 9.17) is 17.2 Å². The number of aromatic amines is 2. The minimum absolute atomic E-state index is 0.0642. The highest BCUT2D eigenvalue weighted by molar-refractivity contribution is 5.92. The lowest BCUT2D eigenvalue weighted by Gasteiger charge is -2.22. The molecule has 174 valence electrons. The number of aliphatic imine (C=N–C) groups is 1. The van der Waals surface area contributed by atoms with Crippen LogP contribution in [-0.4, -0.2) is 73.5 Å². The van der Waals surface area contributed by atoms with Crippen LogP contribution in [0.2, 0.25) is 0 Å². The van der Waals surface area contributed by atoms with Crippen molar-refractivity contribution in [3.63, 3.8) is 0 Å². The largest absolute Gasteiger partial charge is 0.480 e. The van der Waals surface area contributed by atoms with Crippen LogP contribution in [0.25, 0.3) is 0 Å². The minimum Gasteiger partial charge on any atom is -0.480 e. The average molecular weight is 448 g/mol. The third-order valence-corrected chi connectivity index (χ3v) is 4.50. The summed E-state index contributed by atoms with van der Waals surface area (Å²) < 4.78 is 0. The first-order valence-corrected chi connectivity index (χ1v) is 9.85. The number of carboxylic acids is 1. The Bertz CT molecular complexity index is 893. The van der Waals surface area contributed by atoms with Crippen LogP contribution in [-0.2, 0) is 27.2 Å². The summed E-state index contributed by atoms with van der Waals surface area (Å²) in [7, 11) is 0. The summed E-state index contributed by atoms with van der Waals surface area (Å²) in [4.78, 5) is 54.2. The van der Waals surface area contributed by atoms with Gasteiger partial charge in [0.15, 0.2) is 5.96 Å². The van der Waals surface area contributed by atoms with Crippen LogP contribution in [0.3, 0.4) is 0 Å². The first-order valence-electron chi connectivity index (χ1n) is 9.85. The highest BCUT2D eigenvalue weighted by atomic mass is 16.4. The second kappa shape index (κ2) is 12.0. The summed E-state index contributed by atoms with van der Waals surface area (Å²) in [5, 5.41) is 14.5. The molecule has 14 heteroatoms. The van der Waals surface area contributed by atoms with Crippen LogP contribution in [0.4, 0.5) is 0 Å². The van der Waals surface area contributed by atoms with E-state index in [0.717, 1.165) is 0 Å². The third kappa shape index (κ3) is 8.06. The number of aliphatic carboxylic acids is 1. The van der Waals surface area contributed by atoms with Crippen molar-refractivity contribution in [1.29, 1.82) is 0 Å². The Morgan fingerprint density at radius 1 is 1.00 bits per heavy atom. The second-order valence-corrected chi connectivity index (χ2v) is 7.08. The molecule has 2 heterocycles. The molecule has 0 aliphatic carbocycles. The maximum absolute atomic E-state index is 12.9. The van der Waals surface area contributed by atoms with Crippen LogP contribution in [0.1, 0.15) is 24.2 Å².